The quantitative estimate of drug-likeness (QED) is 0.712. The number of nitrogens with two attached hydrogens (primary N) is 1. The molecule has 17 heavy (non-hydrogen) atoms. The average Bonchev–Trinajstić information content (AvgIpc) is 3.09. The predicted molar refractivity (Wildman–Crippen MR) is 65.7 cm³/mol. The van der Waals surface area contributed by atoms with Crippen molar-refractivity contribution < 1.29 is 9.90 Å². The van der Waals surface area contributed by atoms with Crippen molar-refractivity contribution in [1.82, 2.24) is 9.88 Å². The Labute approximate surface area is 101 Å². The summed E-state index contributed by atoms with van der Waals surface area (Å²) in [5, 5.41) is 12.1. The molecular formula is C12H19N3O2. The molecule has 5 heteroatoms. The summed E-state index contributed by atoms with van der Waals surface area (Å²) >= 11 is 0. The number of hydrogen-bond acceptors (Lipinski definition) is 3. The highest BCUT2D eigenvalue weighted by atomic mass is 16.3. The van der Waals surface area contributed by atoms with Crippen LogP contribution in [0.1, 0.15) is 42.7 Å². The van der Waals surface area contributed by atoms with Crippen molar-refractivity contribution in [3.8, 4) is 0 Å². The first-order chi connectivity index (χ1) is 8.11. The molecule has 0 aromatic carbocycles. The van der Waals surface area contributed by atoms with Crippen molar-refractivity contribution in [3.05, 3.63) is 18.0 Å². The summed E-state index contributed by atoms with van der Waals surface area (Å²) in [7, 11) is 0. The number of nitrogen functional groups attached to an aromatic ring is 1. The lowest BCUT2D eigenvalue weighted by atomic mass is 10.2. The Morgan fingerprint density at radius 1 is 1.71 bits per heavy atom. The van der Waals surface area contributed by atoms with Crippen LogP contribution in [0.15, 0.2) is 12.3 Å². The molecule has 0 aliphatic heterocycles. The van der Waals surface area contributed by atoms with Crippen LogP contribution in [0.2, 0.25) is 0 Å². The zero-order valence-electron chi connectivity index (χ0n) is 10.0. The Hall–Kier alpha value is -1.49. The molecule has 0 saturated heterocycles. The summed E-state index contributed by atoms with van der Waals surface area (Å²) in [6.45, 7) is 2.16. The highest BCUT2D eigenvalue weighted by molar-refractivity contribution is 5.93. The van der Waals surface area contributed by atoms with Crippen molar-refractivity contribution in [2.24, 2.45) is 0 Å². The summed E-state index contributed by atoms with van der Waals surface area (Å²) in [4.78, 5) is 11.9. The van der Waals surface area contributed by atoms with Crippen LogP contribution in [-0.4, -0.2) is 28.2 Å². The lowest BCUT2D eigenvalue weighted by Gasteiger charge is -2.11. The molecule has 1 aromatic rings. The number of nitrogens with zero attached hydrogens (tertiary/aromatic N) is 1. The second-order valence-electron chi connectivity index (χ2n) is 4.57. The molecule has 1 aliphatic carbocycles. The minimum Gasteiger partial charge on any atom is -0.397 e. The molecule has 1 fully saturated rings. The SMILES string of the molecule is CCC(O)CNC(=O)c1cc(N)cn1C1CC1. The van der Waals surface area contributed by atoms with Crippen LogP contribution in [0.5, 0.6) is 0 Å². The number of hydrogen-bond donors (Lipinski definition) is 3. The lowest BCUT2D eigenvalue weighted by molar-refractivity contribution is 0.0904. The van der Waals surface area contributed by atoms with Crippen LogP contribution in [-0.2, 0) is 0 Å². The number of nitrogens with one attached hydrogen (secondary N) is 1. The smallest absolute Gasteiger partial charge is 0.268 e. The molecule has 1 saturated carbocycles. The minimum atomic E-state index is -0.486. The van der Waals surface area contributed by atoms with Crippen molar-refractivity contribution in [3.63, 3.8) is 0 Å². The van der Waals surface area contributed by atoms with Gasteiger partial charge in [-0.1, -0.05) is 6.92 Å². The van der Waals surface area contributed by atoms with Gasteiger partial charge in [0, 0.05) is 18.8 Å². The normalized spacial score (nSPS) is 16.8. The molecule has 1 heterocycles. The number of rotatable bonds is 5. The maximum absolute atomic E-state index is 11.9. The van der Waals surface area contributed by atoms with Crippen molar-refractivity contribution in [2.75, 3.05) is 12.3 Å². The van der Waals surface area contributed by atoms with Crippen LogP contribution >= 0.6 is 0 Å². The summed E-state index contributed by atoms with van der Waals surface area (Å²) in [6.07, 6.45) is 4.16. The Bertz CT molecular complexity index is 410. The molecular weight excluding hydrogens is 218 g/mol. The molecule has 94 valence electrons. The molecule has 1 aliphatic rings. The molecule has 1 aromatic heterocycles. The topological polar surface area (TPSA) is 80.3 Å². The number of aliphatic hydroxyl groups excluding tert-OH is 1. The van der Waals surface area contributed by atoms with Gasteiger partial charge in [-0.2, -0.15) is 0 Å². The molecule has 1 amide bonds. The van der Waals surface area contributed by atoms with E-state index in [1.165, 1.54) is 0 Å². The Kier molecular flexibility index (Phi) is 3.38. The fraction of sp³-hybridized carbons (Fsp3) is 0.583. The van der Waals surface area contributed by atoms with Crippen LogP contribution in [0.3, 0.4) is 0 Å². The second-order valence-corrected chi connectivity index (χ2v) is 4.57. The van der Waals surface area contributed by atoms with E-state index in [1.807, 2.05) is 17.7 Å². The third kappa shape index (κ3) is 2.79. The highest BCUT2D eigenvalue weighted by Crippen LogP contribution is 2.37. The average molecular weight is 237 g/mol. The van der Waals surface area contributed by atoms with Crippen LogP contribution < -0.4 is 11.1 Å². The molecule has 0 spiro atoms. The van der Waals surface area contributed by atoms with Crippen molar-refractivity contribution >= 4 is 11.6 Å². The molecule has 4 N–H and O–H groups in total. The third-order valence-corrected chi connectivity index (χ3v) is 3.01. The Balaban J connectivity index is 2.03. The van der Waals surface area contributed by atoms with Crippen molar-refractivity contribution in [2.45, 2.75) is 38.3 Å². The van der Waals surface area contributed by atoms with E-state index >= 15 is 0 Å². The fourth-order valence-corrected chi connectivity index (χ4v) is 1.78. The molecule has 5 nitrogen and oxygen atoms in total. The van der Waals surface area contributed by atoms with E-state index in [-0.39, 0.29) is 12.5 Å². The maximum atomic E-state index is 11.9. The first-order valence-electron chi connectivity index (χ1n) is 6.05. The van der Waals surface area contributed by atoms with Gasteiger partial charge in [-0.05, 0) is 25.3 Å². The largest absolute Gasteiger partial charge is 0.397 e. The molecule has 0 bridgehead atoms. The Morgan fingerprint density at radius 2 is 2.41 bits per heavy atom. The minimum absolute atomic E-state index is 0.166. The number of amides is 1. The van der Waals surface area contributed by atoms with E-state index < -0.39 is 6.10 Å². The molecule has 2 rings (SSSR count). The summed E-state index contributed by atoms with van der Waals surface area (Å²) in [6, 6.07) is 2.11. The van der Waals surface area contributed by atoms with E-state index in [0.29, 0.717) is 23.8 Å². The van der Waals surface area contributed by atoms with Gasteiger partial charge in [0.25, 0.3) is 5.91 Å². The van der Waals surface area contributed by atoms with Gasteiger partial charge in [-0.15, -0.1) is 0 Å². The lowest BCUT2D eigenvalue weighted by Crippen LogP contribution is -2.32. The first kappa shape index (κ1) is 12.0. The Morgan fingerprint density at radius 3 is 3.00 bits per heavy atom. The van der Waals surface area contributed by atoms with Gasteiger partial charge in [0.2, 0.25) is 0 Å². The van der Waals surface area contributed by atoms with Gasteiger partial charge in [-0.3, -0.25) is 4.79 Å². The number of anilines is 1. The van der Waals surface area contributed by atoms with E-state index in [4.69, 9.17) is 5.73 Å². The van der Waals surface area contributed by atoms with Gasteiger partial charge in [0.05, 0.1) is 11.8 Å². The summed E-state index contributed by atoms with van der Waals surface area (Å²) in [5.41, 5.74) is 6.92. The van der Waals surface area contributed by atoms with Crippen molar-refractivity contribution in [1.29, 1.82) is 0 Å². The van der Waals surface area contributed by atoms with E-state index in [1.54, 1.807) is 6.07 Å². The number of carbonyl (C=O) groups excluding carboxylic acids is 1. The van der Waals surface area contributed by atoms with Gasteiger partial charge in [-0.25, -0.2) is 0 Å². The van der Waals surface area contributed by atoms with E-state index in [2.05, 4.69) is 5.32 Å². The summed E-state index contributed by atoms with van der Waals surface area (Å²) < 4.78 is 1.93. The van der Waals surface area contributed by atoms with Gasteiger partial charge in [0.15, 0.2) is 0 Å². The number of aromatic nitrogens is 1. The molecule has 1 atom stereocenters. The fourth-order valence-electron chi connectivity index (χ4n) is 1.78. The molecule has 1 unspecified atom stereocenters. The zero-order chi connectivity index (χ0) is 12.4. The predicted octanol–water partition coefficient (Wildman–Crippen LogP) is 0.906. The standard InChI is InChI=1S/C12H19N3O2/c1-2-10(16)6-14-12(17)11-5-8(13)7-15(11)9-3-4-9/h5,7,9-10,16H,2-4,6,13H2,1H3,(H,14,17). The number of carbonyl (C=O) groups is 1. The second kappa shape index (κ2) is 4.79. The highest BCUT2D eigenvalue weighted by Gasteiger charge is 2.27. The van der Waals surface area contributed by atoms with Gasteiger partial charge < -0.3 is 20.7 Å². The van der Waals surface area contributed by atoms with E-state index in [0.717, 1.165) is 12.8 Å². The van der Waals surface area contributed by atoms with Gasteiger partial charge >= 0.3 is 0 Å². The van der Waals surface area contributed by atoms with Crippen LogP contribution in [0.25, 0.3) is 0 Å². The first-order valence-corrected chi connectivity index (χ1v) is 6.05. The zero-order valence-corrected chi connectivity index (χ0v) is 10.0. The third-order valence-electron chi connectivity index (χ3n) is 3.01. The van der Waals surface area contributed by atoms with E-state index in [9.17, 15) is 9.90 Å². The summed E-state index contributed by atoms with van der Waals surface area (Å²) in [5.74, 6) is -0.166. The monoisotopic (exact) mass is 237 g/mol. The van der Waals surface area contributed by atoms with Gasteiger partial charge in [0.1, 0.15) is 5.69 Å². The maximum Gasteiger partial charge on any atom is 0.268 e. The number of aliphatic hydroxyl groups is 1. The van der Waals surface area contributed by atoms with Crippen LogP contribution in [0, 0.1) is 0 Å². The van der Waals surface area contributed by atoms with Crippen LogP contribution in [0.4, 0.5) is 5.69 Å². The molecule has 0 radical (unpaired) electrons.